The highest BCUT2D eigenvalue weighted by Crippen LogP contribution is 2.32. The molecule has 4 atom stereocenters. The minimum atomic E-state index is -0.678. The summed E-state index contributed by atoms with van der Waals surface area (Å²) in [6.45, 7) is 9.99. The molecule has 1 heterocycles. The fraction of sp³-hybridized carbons (Fsp3) is 0.632. The second kappa shape index (κ2) is 8.31. The Morgan fingerprint density at radius 2 is 2.08 bits per heavy atom. The Labute approximate surface area is 150 Å². The van der Waals surface area contributed by atoms with Crippen molar-refractivity contribution in [3.8, 4) is 6.07 Å². The Morgan fingerprint density at radius 3 is 2.71 bits per heavy atom. The van der Waals surface area contributed by atoms with E-state index in [0.29, 0.717) is 28.1 Å². The molecule has 1 N–H and O–H groups in total. The normalized spacial score (nSPS) is 24.1. The average Bonchev–Trinajstić information content (AvgIpc) is 2.91. The van der Waals surface area contributed by atoms with Crippen LogP contribution in [0.25, 0.3) is 0 Å². The van der Waals surface area contributed by atoms with E-state index >= 15 is 0 Å². The first-order chi connectivity index (χ1) is 11.3. The van der Waals surface area contributed by atoms with Gasteiger partial charge in [-0.2, -0.15) is 5.26 Å². The maximum atomic E-state index is 10.8. The summed E-state index contributed by atoms with van der Waals surface area (Å²) < 4.78 is 5.75. The molecule has 1 fully saturated rings. The van der Waals surface area contributed by atoms with Crippen LogP contribution in [-0.2, 0) is 4.74 Å². The lowest BCUT2D eigenvalue weighted by molar-refractivity contribution is 0.0377. The summed E-state index contributed by atoms with van der Waals surface area (Å²) >= 11 is 6.07. The average molecular weight is 351 g/mol. The van der Waals surface area contributed by atoms with Crippen LogP contribution in [0.15, 0.2) is 18.2 Å². The number of rotatable bonds is 6. The summed E-state index contributed by atoms with van der Waals surface area (Å²) in [4.78, 5) is 2.33. The molecular formula is C19H27ClN2O2. The molecule has 1 saturated heterocycles. The number of ether oxygens (including phenoxy) is 1. The van der Waals surface area contributed by atoms with Gasteiger partial charge < -0.3 is 9.84 Å². The number of aliphatic hydroxyl groups is 1. The maximum Gasteiger partial charge on any atom is 0.0992 e. The topological polar surface area (TPSA) is 56.5 Å². The van der Waals surface area contributed by atoms with E-state index in [0.717, 1.165) is 19.6 Å². The molecule has 0 aromatic heterocycles. The van der Waals surface area contributed by atoms with Gasteiger partial charge in [0.15, 0.2) is 0 Å². The summed E-state index contributed by atoms with van der Waals surface area (Å²) in [7, 11) is 0. The van der Waals surface area contributed by atoms with Crippen molar-refractivity contribution in [3.63, 3.8) is 0 Å². The van der Waals surface area contributed by atoms with Gasteiger partial charge in [-0.1, -0.05) is 11.6 Å². The first-order valence-electron chi connectivity index (χ1n) is 8.57. The van der Waals surface area contributed by atoms with Crippen LogP contribution in [0.3, 0.4) is 0 Å². The summed E-state index contributed by atoms with van der Waals surface area (Å²) in [6.07, 6.45) is 0.638. The fourth-order valence-corrected chi connectivity index (χ4v) is 3.74. The molecular weight excluding hydrogens is 324 g/mol. The lowest BCUT2D eigenvalue weighted by atomic mass is 10.00. The number of nitrogens with zero attached hydrogens (tertiary/aromatic N) is 2. The highest BCUT2D eigenvalue weighted by Gasteiger charge is 2.35. The van der Waals surface area contributed by atoms with Crippen molar-refractivity contribution in [2.24, 2.45) is 5.92 Å². The molecule has 0 aliphatic carbocycles. The van der Waals surface area contributed by atoms with Crippen molar-refractivity contribution in [1.82, 2.24) is 4.90 Å². The first kappa shape index (κ1) is 19.2. The van der Waals surface area contributed by atoms with Crippen LogP contribution in [0.4, 0.5) is 0 Å². The minimum Gasteiger partial charge on any atom is -0.387 e. The quantitative estimate of drug-likeness (QED) is 0.848. The smallest absolute Gasteiger partial charge is 0.0992 e. The van der Waals surface area contributed by atoms with Crippen molar-refractivity contribution >= 4 is 11.6 Å². The van der Waals surface area contributed by atoms with Crippen molar-refractivity contribution in [1.29, 1.82) is 5.26 Å². The van der Waals surface area contributed by atoms with E-state index in [1.54, 1.807) is 18.2 Å². The molecule has 2 rings (SSSR count). The third-order valence-corrected chi connectivity index (χ3v) is 4.96. The Bertz CT molecular complexity index is 600. The molecule has 0 saturated carbocycles. The highest BCUT2D eigenvalue weighted by molar-refractivity contribution is 6.30. The molecule has 4 nitrogen and oxygen atoms in total. The standard InChI is InChI=1S/C19H27ClN2O2/c1-12(2)24-11-16-5-13(3)22(10-16)14(4)19(23)17-6-15(9-21)7-18(20)8-17/h6-8,12-14,16,19,23H,5,10-11H2,1-4H3. The molecule has 1 aromatic rings. The zero-order valence-electron chi connectivity index (χ0n) is 14.9. The molecule has 132 valence electrons. The van der Waals surface area contributed by atoms with E-state index in [-0.39, 0.29) is 12.1 Å². The van der Waals surface area contributed by atoms with Crippen LogP contribution in [-0.4, -0.2) is 41.3 Å². The first-order valence-corrected chi connectivity index (χ1v) is 8.95. The van der Waals surface area contributed by atoms with Gasteiger partial charge >= 0.3 is 0 Å². The monoisotopic (exact) mass is 350 g/mol. The third kappa shape index (κ3) is 4.70. The van der Waals surface area contributed by atoms with Gasteiger partial charge in [0.2, 0.25) is 0 Å². The van der Waals surface area contributed by atoms with E-state index in [4.69, 9.17) is 21.6 Å². The number of likely N-dealkylation sites (tertiary alicyclic amines) is 1. The fourth-order valence-electron chi connectivity index (χ4n) is 3.49. The lowest BCUT2D eigenvalue weighted by Crippen LogP contribution is -2.40. The van der Waals surface area contributed by atoms with Gasteiger partial charge in [0.05, 0.1) is 30.4 Å². The molecule has 0 spiro atoms. The van der Waals surface area contributed by atoms with Crippen LogP contribution in [0.2, 0.25) is 5.02 Å². The van der Waals surface area contributed by atoms with Crippen LogP contribution < -0.4 is 0 Å². The molecule has 0 radical (unpaired) electrons. The van der Waals surface area contributed by atoms with E-state index < -0.39 is 6.10 Å². The summed E-state index contributed by atoms with van der Waals surface area (Å²) in [5, 5.41) is 20.3. The van der Waals surface area contributed by atoms with Gasteiger partial charge in [-0.3, -0.25) is 4.90 Å². The Kier molecular flexibility index (Phi) is 6.65. The molecule has 1 aliphatic rings. The van der Waals surface area contributed by atoms with Gasteiger partial charge in [-0.15, -0.1) is 0 Å². The van der Waals surface area contributed by atoms with Gasteiger partial charge in [-0.05, 0) is 63.8 Å². The Balaban J connectivity index is 2.06. The van der Waals surface area contributed by atoms with Gasteiger partial charge in [0.25, 0.3) is 0 Å². The number of aliphatic hydroxyl groups excluding tert-OH is 1. The largest absolute Gasteiger partial charge is 0.387 e. The minimum absolute atomic E-state index is 0.0472. The summed E-state index contributed by atoms with van der Waals surface area (Å²) in [5.74, 6) is 0.492. The maximum absolute atomic E-state index is 10.8. The molecule has 1 aromatic carbocycles. The summed E-state index contributed by atoms with van der Waals surface area (Å²) in [5.41, 5.74) is 1.17. The number of nitriles is 1. The molecule has 0 amide bonds. The van der Waals surface area contributed by atoms with Crippen molar-refractivity contribution in [2.75, 3.05) is 13.2 Å². The zero-order valence-corrected chi connectivity index (χ0v) is 15.6. The zero-order chi connectivity index (χ0) is 17.9. The molecule has 5 heteroatoms. The lowest BCUT2D eigenvalue weighted by Gasteiger charge is -2.32. The van der Waals surface area contributed by atoms with Gasteiger partial charge in [-0.25, -0.2) is 0 Å². The predicted octanol–water partition coefficient (Wildman–Crippen LogP) is 3.77. The second-order valence-electron chi connectivity index (χ2n) is 7.10. The van der Waals surface area contributed by atoms with Crippen LogP contribution in [0.1, 0.15) is 51.3 Å². The van der Waals surface area contributed by atoms with Gasteiger partial charge in [0, 0.05) is 23.7 Å². The molecule has 24 heavy (non-hydrogen) atoms. The van der Waals surface area contributed by atoms with Crippen LogP contribution in [0, 0.1) is 17.2 Å². The van der Waals surface area contributed by atoms with Crippen molar-refractivity contribution < 1.29 is 9.84 Å². The number of hydrogen-bond donors (Lipinski definition) is 1. The number of hydrogen-bond acceptors (Lipinski definition) is 4. The van der Waals surface area contributed by atoms with Crippen molar-refractivity contribution in [3.05, 3.63) is 34.3 Å². The Hall–Kier alpha value is -1.12. The SMILES string of the molecule is CC(C)OCC1CC(C)N(C(C)C(O)c2cc(Cl)cc(C#N)c2)C1. The van der Waals surface area contributed by atoms with Gasteiger partial charge in [0.1, 0.15) is 0 Å². The van der Waals surface area contributed by atoms with E-state index in [2.05, 4.69) is 31.7 Å². The number of benzene rings is 1. The van der Waals surface area contributed by atoms with E-state index in [1.807, 2.05) is 6.92 Å². The Morgan fingerprint density at radius 1 is 1.38 bits per heavy atom. The molecule has 1 aliphatic heterocycles. The molecule has 0 bridgehead atoms. The predicted molar refractivity (Wildman–Crippen MR) is 96.0 cm³/mol. The van der Waals surface area contributed by atoms with Crippen LogP contribution >= 0.6 is 11.6 Å². The van der Waals surface area contributed by atoms with E-state index in [1.165, 1.54) is 0 Å². The van der Waals surface area contributed by atoms with E-state index in [9.17, 15) is 5.11 Å². The number of halogens is 1. The third-order valence-electron chi connectivity index (χ3n) is 4.75. The van der Waals surface area contributed by atoms with Crippen molar-refractivity contribution in [2.45, 2.75) is 58.4 Å². The van der Waals surface area contributed by atoms with Crippen LogP contribution in [0.5, 0.6) is 0 Å². The summed E-state index contributed by atoms with van der Waals surface area (Å²) in [6, 6.07) is 7.50. The molecule has 4 unspecified atom stereocenters. The second-order valence-corrected chi connectivity index (χ2v) is 7.54. The highest BCUT2D eigenvalue weighted by atomic mass is 35.5.